The van der Waals surface area contributed by atoms with Crippen molar-refractivity contribution in [3.8, 4) is 0 Å². The zero-order valence-corrected chi connectivity index (χ0v) is 15.3. The zero-order chi connectivity index (χ0) is 20.3. The molecule has 2 aliphatic heterocycles. The highest BCUT2D eigenvalue weighted by Crippen LogP contribution is 2.28. The molecule has 0 radical (unpaired) electrons. The molecule has 0 aromatic heterocycles. The minimum atomic E-state index is -1.71. The predicted molar refractivity (Wildman–Crippen MR) is 91.2 cm³/mol. The van der Waals surface area contributed by atoms with Crippen LogP contribution in [0.3, 0.4) is 0 Å². The van der Waals surface area contributed by atoms with Crippen molar-refractivity contribution >= 4 is 17.3 Å². The lowest BCUT2D eigenvalue weighted by atomic mass is 9.96. The fourth-order valence-electron chi connectivity index (χ4n) is 2.91. The van der Waals surface area contributed by atoms with Crippen LogP contribution in [0.2, 0.25) is 0 Å². The Kier molecular flexibility index (Phi) is 8.08. The smallest absolute Gasteiger partial charge is 0.187 e. The van der Waals surface area contributed by atoms with Crippen LogP contribution in [0.1, 0.15) is 0 Å². The van der Waals surface area contributed by atoms with Crippen LogP contribution in [0.4, 0.5) is 0 Å². The third kappa shape index (κ3) is 4.83. The highest BCUT2D eigenvalue weighted by Gasteiger charge is 2.50. The maximum Gasteiger partial charge on any atom is 0.187 e. The summed E-state index contributed by atoms with van der Waals surface area (Å²) in [5.41, 5.74) is 0. The Bertz CT molecular complexity index is 499. The molecule has 12 nitrogen and oxygen atoms in total. The minimum Gasteiger partial charge on any atom is -0.394 e. The summed E-state index contributed by atoms with van der Waals surface area (Å²) in [6.07, 6.45) is -14.5. The predicted octanol–water partition coefficient (Wildman–Crippen LogP) is -5.30. The van der Waals surface area contributed by atoms with Gasteiger partial charge in [-0.3, -0.25) is 0 Å². The molecular formula is C14H26N2O10S. The number of rotatable bonds is 5. The zero-order valence-electron chi connectivity index (χ0n) is 14.5. The summed E-state index contributed by atoms with van der Waals surface area (Å²) in [7, 11) is 1.54. The Balaban J connectivity index is 2.11. The molecule has 10 atom stereocenters. The van der Waals surface area contributed by atoms with Gasteiger partial charge in [0.15, 0.2) is 17.6 Å². The molecule has 0 saturated carbocycles. The van der Waals surface area contributed by atoms with E-state index in [1.165, 1.54) is 7.05 Å². The van der Waals surface area contributed by atoms with E-state index in [0.29, 0.717) is 0 Å². The molecule has 0 aliphatic carbocycles. The monoisotopic (exact) mass is 414 g/mol. The number of aliphatic hydroxyl groups is 7. The Morgan fingerprint density at radius 3 is 2.07 bits per heavy atom. The van der Waals surface area contributed by atoms with Crippen molar-refractivity contribution in [2.24, 2.45) is 0 Å². The highest BCUT2D eigenvalue weighted by molar-refractivity contribution is 7.80. The molecule has 0 aromatic rings. The standard InChI is InChI=1S/C14H26N2O10S/c1-15-14(27)16-12-9(22)8(21)11(5(3-18)24-12)26-13-10(23)7(20)6(19)4(2-17)25-13/h4-13,17-23H,2-3H2,1H3,(H2,15,16,27)/t4-,5-,6+,7+,8-,9-,10-,11-,12?,13+/m1/s1. The normalized spacial score (nSPS) is 45.3. The summed E-state index contributed by atoms with van der Waals surface area (Å²) in [5.74, 6) is 0. The van der Waals surface area contributed by atoms with Crippen molar-refractivity contribution in [1.82, 2.24) is 10.6 Å². The van der Waals surface area contributed by atoms with Gasteiger partial charge in [0.2, 0.25) is 0 Å². The van der Waals surface area contributed by atoms with Crippen LogP contribution >= 0.6 is 12.2 Å². The number of ether oxygens (including phenoxy) is 3. The Morgan fingerprint density at radius 2 is 1.52 bits per heavy atom. The van der Waals surface area contributed by atoms with Gasteiger partial charge in [-0.05, 0) is 12.2 Å². The van der Waals surface area contributed by atoms with Crippen LogP contribution in [0, 0.1) is 0 Å². The van der Waals surface area contributed by atoms with Gasteiger partial charge in [0.1, 0.15) is 48.8 Å². The van der Waals surface area contributed by atoms with E-state index in [4.69, 9.17) is 26.4 Å². The highest BCUT2D eigenvalue weighted by atomic mass is 32.1. The maximum atomic E-state index is 10.4. The van der Waals surface area contributed by atoms with Crippen molar-refractivity contribution in [2.75, 3.05) is 20.3 Å². The molecular weight excluding hydrogens is 388 g/mol. The van der Waals surface area contributed by atoms with Gasteiger partial charge in [0.25, 0.3) is 0 Å². The van der Waals surface area contributed by atoms with Crippen LogP contribution in [0.15, 0.2) is 0 Å². The van der Waals surface area contributed by atoms with Crippen LogP contribution < -0.4 is 10.6 Å². The van der Waals surface area contributed by atoms with Crippen molar-refractivity contribution in [3.63, 3.8) is 0 Å². The topological polar surface area (TPSA) is 193 Å². The molecule has 13 heteroatoms. The number of thiocarbonyl (C=S) groups is 1. The average Bonchev–Trinajstić information content (AvgIpc) is 2.67. The third-order valence-electron chi connectivity index (χ3n) is 4.50. The van der Waals surface area contributed by atoms with Crippen LogP contribution in [0.25, 0.3) is 0 Å². The van der Waals surface area contributed by atoms with Gasteiger partial charge in [-0.1, -0.05) is 0 Å². The Labute approximate surface area is 160 Å². The molecule has 158 valence electrons. The fraction of sp³-hybridized carbons (Fsp3) is 0.929. The number of nitrogens with one attached hydrogen (secondary N) is 2. The van der Waals surface area contributed by atoms with E-state index in [2.05, 4.69) is 10.6 Å². The van der Waals surface area contributed by atoms with Gasteiger partial charge in [-0.2, -0.15) is 0 Å². The lowest BCUT2D eigenvalue weighted by Crippen LogP contribution is -2.67. The third-order valence-corrected chi connectivity index (χ3v) is 4.83. The lowest BCUT2D eigenvalue weighted by molar-refractivity contribution is -0.342. The molecule has 0 bridgehead atoms. The van der Waals surface area contributed by atoms with E-state index >= 15 is 0 Å². The summed E-state index contributed by atoms with van der Waals surface area (Å²) < 4.78 is 16.1. The van der Waals surface area contributed by atoms with E-state index in [1.807, 2.05) is 0 Å². The molecule has 2 fully saturated rings. The molecule has 0 aromatic carbocycles. The van der Waals surface area contributed by atoms with Gasteiger partial charge in [-0.25, -0.2) is 0 Å². The number of hydrogen-bond donors (Lipinski definition) is 9. The van der Waals surface area contributed by atoms with E-state index in [0.717, 1.165) is 0 Å². The van der Waals surface area contributed by atoms with E-state index in [1.54, 1.807) is 0 Å². The van der Waals surface area contributed by atoms with E-state index in [-0.39, 0.29) is 5.11 Å². The molecule has 2 rings (SSSR count). The maximum absolute atomic E-state index is 10.4. The summed E-state index contributed by atoms with van der Waals surface area (Å²) in [6, 6.07) is 0. The molecule has 2 aliphatic rings. The molecule has 0 amide bonds. The van der Waals surface area contributed by atoms with Crippen LogP contribution in [-0.4, -0.2) is 122 Å². The van der Waals surface area contributed by atoms with Crippen LogP contribution in [-0.2, 0) is 14.2 Å². The molecule has 2 heterocycles. The van der Waals surface area contributed by atoms with E-state index < -0.39 is 74.6 Å². The molecule has 1 unspecified atom stereocenters. The first-order valence-electron chi connectivity index (χ1n) is 8.31. The summed E-state index contributed by atoms with van der Waals surface area (Å²) >= 11 is 4.91. The molecule has 0 spiro atoms. The summed E-state index contributed by atoms with van der Waals surface area (Å²) in [6.45, 7) is -1.27. The van der Waals surface area contributed by atoms with Gasteiger partial charge in [-0.15, -0.1) is 0 Å². The van der Waals surface area contributed by atoms with E-state index in [9.17, 15) is 35.7 Å². The van der Waals surface area contributed by atoms with Gasteiger partial charge < -0.3 is 60.6 Å². The molecule has 27 heavy (non-hydrogen) atoms. The molecule has 9 N–H and O–H groups in total. The van der Waals surface area contributed by atoms with Crippen molar-refractivity contribution < 1.29 is 50.0 Å². The number of hydrogen-bond acceptors (Lipinski definition) is 11. The minimum absolute atomic E-state index is 0.135. The Hall–Kier alpha value is -0.710. The largest absolute Gasteiger partial charge is 0.394 e. The molecule has 2 saturated heterocycles. The second-order valence-corrected chi connectivity index (χ2v) is 6.69. The Morgan fingerprint density at radius 1 is 0.889 bits per heavy atom. The van der Waals surface area contributed by atoms with Gasteiger partial charge in [0, 0.05) is 7.05 Å². The second kappa shape index (κ2) is 9.67. The lowest BCUT2D eigenvalue weighted by Gasteiger charge is -2.46. The van der Waals surface area contributed by atoms with Crippen molar-refractivity contribution in [1.29, 1.82) is 0 Å². The summed E-state index contributed by atoms with van der Waals surface area (Å²) in [4.78, 5) is 0. The fourth-order valence-corrected chi connectivity index (χ4v) is 3.03. The first kappa shape index (κ1) is 22.6. The van der Waals surface area contributed by atoms with Gasteiger partial charge >= 0.3 is 0 Å². The quantitative estimate of drug-likeness (QED) is 0.194. The van der Waals surface area contributed by atoms with Gasteiger partial charge in [0.05, 0.1) is 13.2 Å². The first-order valence-corrected chi connectivity index (χ1v) is 8.72. The number of aliphatic hydroxyl groups excluding tert-OH is 7. The summed E-state index contributed by atoms with van der Waals surface area (Å²) in [5, 5.41) is 74.4. The van der Waals surface area contributed by atoms with Crippen molar-refractivity contribution in [2.45, 2.75) is 61.3 Å². The SMILES string of the molecule is CNC(=S)NC1O[C@H](CO)[C@@H](O[C@@H]2O[C@H](CO)[C@H](O)[C@H](O)[C@H]2O)[C@H](O)[C@H]1O. The average molecular weight is 414 g/mol. The first-order chi connectivity index (χ1) is 12.7. The van der Waals surface area contributed by atoms with Crippen molar-refractivity contribution in [3.05, 3.63) is 0 Å². The van der Waals surface area contributed by atoms with Crippen LogP contribution in [0.5, 0.6) is 0 Å². The second-order valence-electron chi connectivity index (χ2n) is 6.28.